The topological polar surface area (TPSA) is 54.4 Å². The molecule has 0 spiro atoms. The van der Waals surface area contributed by atoms with E-state index in [0.29, 0.717) is 0 Å². The smallest absolute Gasteiger partial charge is 0.202 e. The molecule has 0 saturated carbocycles. The summed E-state index contributed by atoms with van der Waals surface area (Å²) in [5, 5.41) is 7.77. The van der Waals surface area contributed by atoms with Gasteiger partial charge in [-0.05, 0) is 0 Å². The van der Waals surface area contributed by atoms with E-state index in [4.69, 9.17) is 5.11 Å². The van der Waals surface area contributed by atoms with Crippen molar-refractivity contribution in [2.24, 2.45) is 0 Å². The van der Waals surface area contributed by atoms with Gasteiger partial charge < -0.3 is 5.11 Å². The van der Waals surface area contributed by atoms with Crippen molar-refractivity contribution in [1.29, 1.82) is 0 Å². The molecule has 0 rings (SSSR count). The van der Waals surface area contributed by atoms with Crippen molar-refractivity contribution in [2.75, 3.05) is 11.9 Å². The van der Waals surface area contributed by atoms with Crippen LogP contribution in [0.3, 0.4) is 0 Å². The molecule has 0 aliphatic heterocycles. The second-order valence-corrected chi connectivity index (χ2v) is 2.95. The molecule has 0 fully saturated rings. The molecule has 0 aliphatic carbocycles. The van der Waals surface area contributed by atoms with Crippen LogP contribution in [0.4, 0.5) is 4.39 Å². The molecule has 0 saturated heterocycles. The fourth-order valence-electron chi connectivity index (χ4n) is 0.0345. The van der Waals surface area contributed by atoms with Gasteiger partial charge in [0.05, 0.1) is 0 Å². The lowest BCUT2D eigenvalue weighted by atomic mass is 11.7. The van der Waals surface area contributed by atoms with Crippen LogP contribution in [-0.4, -0.2) is 25.5 Å². The van der Waals surface area contributed by atoms with E-state index in [1.54, 1.807) is 0 Å². The molecule has 44 valence electrons. The third-order valence-electron chi connectivity index (χ3n) is 0.363. The van der Waals surface area contributed by atoms with Crippen molar-refractivity contribution < 1.29 is 17.9 Å². The van der Waals surface area contributed by atoms with Crippen molar-refractivity contribution in [2.45, 2.75) is 0 Å². The van der Waals surface area contributed by atoms with E-state index >= 15 is 0 Å². The highest BCUT2D eigenvalue weighted by molar-refractivity contribution is 7.91. The fraction of sp³-hybridized carbons (Fsp3) is 1.00. The molecule has 0 atom stereocenters. The third kappa shape index (κ3) is 2.52. The zero-order valence-electron chi connectivity index (χ0n) is 3.46. The highest BCUT2D eigenvalue weighted by Gasteiger charge is 2.04. The average Bonchev–Trinajstić information content (AvgIpc) is 1.68. The summed E-state index contributed by atoms with van der Waals surface area (Å²) in [6.45, 7) is 0. The van der Waals surface area contributed by atoms with Crippen molar-refractivity contribution in [3.63, 3.8) is 0 Å². The van der Waals surface area contributed by atoms with Crippen LogP contribution in [0, 0.1) is 0 Å². The molecule has 1 N–H and O–H groups in total. The summed E-state index contributed by atoms with van der Waals surface area (Å²) in [4.78, 5) is 0. The van der Waals surface area contributed by atoms with Gasteiger partial charge in [0.1, 0.15) is 5.94 Å². The van der Waals surface area contributed by atoms with E-state index in [2.05, 4.69) is 0 Å². The molecule has 3 nitrogen and oxygen atoms in total. The Kier molecular flexibility index (Phi) is 2.17. The van der Waals surface area contributed by atoms with E-state index in [9.17, 15) is 12.8 Å². The van der Waals surface area contributed by atoms with Crippen molar-refractivity contribution >= 4 is 9.84 Å². The van der Waals surface area contributed by atoms with E-state index < -0.39 is 21.8 Å². The minimum Gasteiger partial charge on any atom is -0.380 e. The maximum Gasteiger partial charge on any atom is 0.202 e. The first-order valence-corrected chi connectivity index (χ1v) is 3.32. The molecule has 0 aromatic carbocycles. The predicted octanol–water partition coefficient (Wildman–Crippen LogP) is -0.722. The van der Waals surface area contributed by atoms with Gasteiger partial charge in [-0.25, -0.2) is 12.8 Å². The van der Waals surface area contributed by atoms with Crippen LogP contribution >= 0.6 is 0 Å². The molecular formula is C2H5FO3S. The predicted molar refractivity (Wildman–Crippen MR) is 22.0 cm³/mol. The number of rotatable bonds is 2. The Morgan fingerprint density at radius 2 is 2.00 bits per heavy atom. The molecule has 0 aromatic heterocycles. The van der Waals surface area contributed by atoms with Crippen molar-refractivity contribution in [3.05, 3.63) is 0 Å². The van der Waals surface area contributed by atoms with Crippen LogP contribution in [0.25, 0.3) is 0 Å². The molecule has 0 bridgehead atoms. The lowest BCUT2D eigenvalue weighted by Crippen LogP contribution is -2.05. The number of hydrogen-bond donors (Lipinski definition) is 1. The van der Waals surface area contributed by atoms with Crippen molar-refractivity contribution in [3.8, 4) is 0 Å². The van der Waals surface area contributed by atoms with Gasteiger partial charge in [0.15, 0.2) is 6.01 Å². The summed E-state index contributed by atoms with van der Waals surface area (Å²) in [5.74, 6) is -1.11. The van der Waals surface area contributed by atoms with Gasteiger partial charge in [-0.1, -0.05) is 0 Å². The number of aliphatic hydroxyl groups is 1. The Morgan fingerprint density at radius 3 is 2.00 bits per heavy atom. The first kappa shape index (κ1) is 6.84. The van der Waals surface area contributed by atoms with Gasteiger partial charge in [-0.15, -0.1) is 0 Å². The van der Waals surface area contributed by atoms with Gasteiger partial charge >= 0.3 is 0 Å². The normalized spacial score (nSPS) is 11.7. The van der Waals surface area contributed by atoms with Crippen LogP contribution in [0.5, 0.6) is 0 Å². The molecule has 0 aliphatic rings. The van der Waals surface area contributed by atoms with Gasteiger partial charge in [-0.2, -0.15) is 0 Å². The molecule has 0 heterocycles. The maximum absolute atomic E-state index is 11.0. The van der Waals surface area contributed by atoms with Crippen LogP contribution in [0.1, 0.15) is 0 Å². The third-order valence-corrected chi connectivity index (χ3v) is 1.09. The van der Waals surface area contributed by atoms with E-state index in [0.717, 1.165) is 0 Å². The Hall–Kier alpha value is -0.160. The first-order valence-electron chi connectivity index (χ1n) is 1.49. The highest BCUT2D eigenvalue weighted by atomic mass is 32.2. The molecule has 0 aromatic rings. The second kappa shape index (κ2) is 2.23. The lowest BCUT2D eigenvalue weighted by Gasteiger charge is -1.86. The van der Waals surface area contributed by atoms with Gasteiger partial charge in [0, 0.05) is 0 Å². The average molecular weight is 128 g/mol. The number of sulfone groups is 1. The highest BCUT2D eigenvalue weighted by Crippen LogP contribution is 1.84. The maximum atomic E-state index is 11.0. The number of alkyl halides is 1. The van der Waals surface area contributed by atoms with Crippen LogP contribution in [-0.2, 0) is 9.84 Å². The van der Waals surface area contributed by atoms with Crippen LogP contribution in [0.2, 0.25) is 0 Å². The SMILES string of the molecule is O=S(=O)(CO)CF. The standard InChI is InChI=1S/C2H5FO3S/c3-1-7(5,6)2-4/h4H,1-2H2. The number of aliphatic hydroxyl groups excluding tert-OH is 1. The molecular weight excluding hydrogens is 123 g/mol. The molecule has 5 heteroatoms. The number of hydrogen-bond acceptors (Lipinski definition) is 3. The zero-order chi connectivity index (χ0) is 5.91. The van der Waals surface area contributed by atoms with Gasteiger partial charge in [0.2, 0.25) is 9.84 Å². The minimum atomic E-state index is -3.77. The summed E-state index contributed by atoms with van der Waals surface area (Å²) in [7, 11) is -3.77. The van der Waals surface area contributed by atoms with Crippen molar-refractivity contribution in [1.82, 2.24) is 0 Å². The van der Waals surface area contributed by atoms with E-state index in [-0.39, 0.29) is 0 Å². The van der Waals surface area contributed by atoms with Crippen LogP contribution < -0.4 is 0 Å². The largest absolute Gasteiger partial charge is 0.380 e. The Balaban J connectivity index is 3.89. The summed E-state index contributed by atoms with van der Waals surface area (Å²) in [5.41, 5.74) is 0. The number of halogens is 1. The van der Waals surface area contributed by atoms with Gasteiger partial charge in [-0.3, -0.25) is 0 Å². The van der Waals surface area contributed by atoms with E-state index in [1.165, 1.54) is 0 Å². The van der Waals surface area contributed by atoms with Gasteiger partial charge in [0.25, 0.3) is 0 Å². The van der Waals surface area contributed by atoms with E-state index in [1.807, 2.05) is 0 Å². The second-order valence-electron chi connectivity index (χ2n) is 0.982. The quantitative estimate of drug-likeness (QED) is 0.533. The summed E-state index contributed by atoms with van der Waals surface area (Å²) < 4.78 is 30.5. The lowest BCUT2D eigenvalue weighted by molar-refractivity contribution is 0.354. The molecule has 0 radical (unpaired) electrons. The summed E-state index contributed by atoms with van der Waals surface area (Å²) in [6, 6.07) is -1.48. The summed E-state index contributed by atoms with van der Waals surface area (Å²) in [6.07, 6.45) is 0. The molecule has 7 heavy (non-hydrogen) atoms. The zero-order valence-corrected chi connectivity index (χ0v) is 4.28. The Labute approximate surface area is 40.7 Å². The van der Waals surface area contributed by atoms with Crippen LogP contribution in [0.15, 0.2) is 0 Å². The molecule has 0 amide bonds. The summed E-state index contributed by atoms with van der Waals surface area (Å²) >= 11 is 0. The Bertz CT molecular complexity index is 116. The molecule has 0 unspecified atom stereocenters. The first-order chi connectivity index (χ1) is 3.12. The Morgan fingerprint density at radius 1 is 1.57 bits per heavy atom. The fourth-order valence-corrected chi connectivity index (χ4v) is 0.104. The minimum absolute atomic E-state index is 1.11. The monoisotopic (exact) mass is 128 g/mol.